The molecule has 3 nitrogen and oxygen atoms in total. The van der Waals surface area contributed by atoms with Gasteiger partial charge in [-0.1, -0.05) is 20.8 Å². The van der Waals surface area contributed by atoms with Crippen LogP contribution in [0.15, 0.2) is 0 Å². The lowest BCUT2D eigenvalue weighted by atomic mass is 9.91. The molecule has 1 aliphatic heterocycles. The van der Waals surface area contributed by atoms with E-state index in [1.54, 1.807) is 0 Å². The number of rotatable bonds is 3. The molecule has 1 aliphatic rings. The third-order valence-corrected chi connectivity index (χ3v) is 5.39. The Balaban J connectivity index is 2.25. The van der Waals surface area contributed by atoms with Crippen molar-refractivity contribution in [2.24, 2.45) is 0 Å². The summed E-state index contributed by atoms with van der Waals surface area (Å²) in [5.41, 5.74) is 1.39. The number of nitrogens with one attached hydrogen (secondary N) is 1. The average molecular weight is 300 g/mol. The first kappa shape index (κ1) is 15.1. The predicted molar refractivity (Wildman–Crippen MR) is 87.7 cm³/mol. The Kier molecular flexibility index (Phi) is 5.15. The van der Waals surface area contributed by atoms with E-state index in [9.17, 15) is 0 Å². The van der Waals surface area contributed by atoms with Crippen molar-refractivity contribution in [2.75, 3.05) is 36.5 Å². The van der Waals surface area contributed by atoms with Crippen molar-refractivity contribution >= 4 is 28.2 Å². The summed E-state index contributed by atoms with van der Waals surface area (Å²) in [4.78, 5) is 8.82. The minimum Gasteiger partial charge on any atom is -0.347 e. The number of hydrogen-bond acceptors (Lipinski definition) is 5. The lowest BCUT2D eigenvalue weighted by Crippen LogP contribution is -2.25. The normalized spacial score (nSPS) is 17.6. The van der Waals surface area contributed by atoms with E-state index >= 15 is 0 Å². The molecule has 1 fully saturated rings. The van der Waals surface area contributed by atoms with Gasteiger partial charge < -0.3 is 10.2 Å². The van der Waals surface area contributed by atoms with Gasteiger partial charge in [-0.05, 0) is 19.2 Å². The van der Waals surface area contributed by atoms with E-state index in [0.717, 1.165) is 19.6 Å². The molecule has 0 amide bonds. The van der Waals surface area contributed by atoms with E-state index in [-0.39, 0.29) is 5.41 Å². The summed E-state index contributed by atoms with van der Waals surface area (Å²) in [6, 6.07) is 0. The van der Waals surface area contributed by atoms with Gasteiger partial charge in [-0.3, -0.25) is 0 Å². The van der Waals surface area contributed by atoms with Gasteiger partial charge in [-0.25, -0.2) is 4.98 Å². The SMILES string of the molecule is CNCc1sc(N2CCCSCC2)nc1C(C)(C)C. The number of thiazole rings is 1. The molecule has 0 spiro atoms. The van der Waals surface area contributed by atoms with Crippen molar-refractivity contribution in [3.8, 4) is 0 Å². The Hall–Kier alpha value is -0.260. The molecule has 108 valence electrons. The van der Waals surface area contributed by atoms with Crippen molar-refractivity contribution in [3.63, 3.8) is 0 Å². The highest BCUT2D eigenvalue weighted by Crippen LogP contribution is 2.34. The molecule has 2 heterocycles. The molecule has 1 aromatic heterocycles. The van der Waals surface area contributed by atoms with Crippen molar-refractivity contribution in [1.82, 2.24) is 10.3 Å². The fourth-order valence-electron chi connectivity index (χ4n) is 2.28. The molecule has 0 aliphatic carbocycles. The van der Waals surface area contributed by atoms with Crippen molar-refractivity contribution < 1.29 is 0 Å². The van der Waals surface area contributed by atoms with Crippen LogP contribution in [-0.4, -0.2) is 36.6 Å². The number of aromatic nitrogens is 1. The van der Waals surface area contributed by atoms with E-state index in [0.29, 0.717) is 0 Å². The minimum atomic E-state index is 0.127. The zero-order valence-corrected chi connectivity index (χ0v) is 14.1. The van der Waals surface area contributed by atoms with Gasteiger partial charge in [-0.2, -0.15) is 11.8 Å². The molecular formula is C14H25N3S2. The van der Waals surface area contributed by atoms with Crippen LogP contribution in [0, 0.1) is 0 Å². The van der Waals surface area contributed by atoms with Crippen LogP contribution in [-0.2, 0) is 12.0 Å². The quantitative estimate of drug-likeness (QED) is 0.928. The number of anilines is 1. The Morgan fingerprint density at radius 3 is 2.74 bits per heavy atom. The van der Waals surface area contributed by atoms with E-state index in [2.05, 4.69) is 42.7 Å². The van der Waals surface area contributed by atoms with Gasteiger partial charge in [0.2, 0.25) is 0 Å². The Morgan fingerprint density at radius 2 is 2.05 bits per heavy atom. The molecule has 0 radical (unpaired) electrons. The lowest BCUT2D eigenvalue weighted by Gasteiger charge is -2.19. The van der Waals surface area contributed by atoms with Gasteiger partial charge >= 0.3 is 0 Å². The smallest absolute Gasteiger partial charge is 0.185 e. The van der Waals surface area contributed by atoms with E-state index < -0.39 is 0 Å². The second kappa shape index (κ2) is 6.46. The third kappa shape index (κ3) is 3.86. The van der Waals surface area contributed by atoms with Gasteiger partial charge in [0.05, 0.1) is 5.69 Å². The van der Waals surface area contributed by atoms with E-state index in [1.165, 1.54) is 33.6 Å². The second-order valence-electron chi connectivity index (χ2n) is 6.00. The molecule has 19 heavy (non-hydrogen) atoms. The zero-order valence-electron chi connectivity index (χ0n) is 12.5. The number of nitrogens with zero attached hydrogens (tertiary/aromatic N) is 2. The van der Waals surface area contributed by atoms with Crippen molar-refractivity contribution in [1.29, 1.82) is 0 Å². The second-order valence-corrected chi connectivity index (χ2v) is 8.29. The van der Waals surface area contributed by atoms with Gasteiger partial charge in [0.25, 0.3) is 0 Å². The van der Waals surface area contributed by atoms with Crippen LogP contribution in [0.1, 0.15) is 37.8 Å². The summed E-state index contributed by atoms with van der Waals surface area (Å²) >= 11 is 3.93. The Bertz CT molecular complexity index is 401. The molecule has 0 saturated carbocycles. The van der Waals surface area contributed by atoms with Gasteiger partial charge in [0, 0.05) is 35.7 Å². The molecule has 0 atom stereocenters. The van der Waals surface area contributed by atoms with Crippen molar-refractivity contribution in [3.05, 3.63) is 10.6 Å². The van der Waals surface area contributed by atoms with Crippen LogP contribution in [0.2, 0.25) is 0 Å². The first-order valence-corrected chi connectivity index (χ1v) is 8.97. The van der Waals surface area contributed by atoms with Gasteiger partial charge in [0.1, 0.15) is 0 Å². The summed E-state index contributed by atoms with van der Waals surface area (Å²) < 4.78 is 0. The van der Waals surface area contributed by atoms with Crippen LogP contribution in [0.3, 0.4) is 0 Å². The molecule has 1 N–H and O–H groups in total. The molecule has 2 rings (SSSR count). The molecule has 5 heteroatoms. The fraction of sp³-hybridized carbons (Fsp3) is 0.786. The predicted octanol–water partition coefficient (Wildman–Crippen LogP) is 3.10. The highest BCUT2D eigenvalue weighted by atomic mass is 32.2. The average Bonchev–Trinajstić information content (AvgIpc) is 2.59. The first-order chi connectivity index (χ1) is 9.02. The fourth-order valence-corrected chi connectivity index (χ4v) is 4.50. The topological polar surface area (TPSA) is 28.2 Å². The lowest BCUT2D eigenvalue weighted by molar-refractivity contribution is 0.562. The third-order valence-electron chi connectivity index (χ3n) is 3.23. The molecule has 0 bridgehead atoms. The molecule has 0 aromatic carbocycles. The van der Waals surface area contributed by atoms with Crippen LogP contribution in [0.4, 0.5) is 5.13 Å². The van der Waals surface area contributed by atoms with Crippen LogP contribution in [0.25, 0.3) is 0 Å². The highest BCUT2D eigenvalue weighted by molar-refractivity contribution is 7.99. The van der Waals surface area contributed by atoms with Crippen molar-refractivity contribution in [2.45, 2.75) is 39.2 Å². The molecule has 1 saturated heterocycles. The summed E-state index contributed by atoms with van der Waals surface area (Å²) in [7, 11) is 2.01. The maximum Gasteiger partial charge on any atom is 0.185 e. The Morgan fingerprint density at radius 1 is 1.26 bits per heavy atom. The Labute approximate surface area is 125 Å². The number of thioether (sulfide) groups is 1. The maximum absolute atomic E-state index is 4.96. The van der Waals surface area contributed by atoms with Crippen LogP contribution in [0.5, 0.6) is 0 Å². The minimum absolute atomic E-state index is 0.127. The van der Waals surface area contributed by atoms with Crippen LogP contribution < -0.4 is 10.2 Å². The molecule has 0 unspecified atom stereocenters. The van der Waals surface area contributed by atoms with E-state index in [4.69, 9.17) is 4.98 Å². The first-order valence-electron chi connectivity index (χ1n) is 7.00. The highest BCUT2D eigenvalue weighted by Gasteiger charge is 2.25. The van der Waals surface area contributed by atoms with Gasteiger partial charge in [0.15, 0.2) is 5.13 Å². The summed E-state index contributed by atoms with van der Waals surface area (Å²) in [6.07, 6.45) is 1.27. The largest absolute Gasteiger partial charge is 0.347 e. The van der Waals surface area contributed by atoms with Gasteiger partial charge in [-0.15, -0.1) is 11.3 Å². The maximum atomic E-state index is 4.96. The molecular weight excluding hydrogens is 274 g/mol. The molecule has 1 aromatic rings. The zero-order chi connectivity index (χ0) is 13.9. The standard InChI is InChI=1S/C14H25N3S2/c1-14(2,3)12-11(10-15-4)19-13(16-12)17-6-5-8-18-9-7-17/h15H,5-10H2,1-4H3. The summed E-state index contributed by atoms with van der Waals surface area (Å²) in [5, 5.41) is 4.49. The van der Waals surface area contributed by atoms with E-state index in [1.807, 2.05) is 18.4 Å². The summed E-state index contributed by atoms with van der Waals surface area (Å²) in [6.45, 7) is 9.98. The number of hydrogen-bond donors (Lipinski definition) is 1. The van der Waals surface area contributed by atoms with Crippen LogP contribution >= 0.6 is 23.1 Å². The summed E-state index contributed by atoms with van der Waals surface area (Å²) in [5.74, 6) is 2.52. The monoisotopic (exact) mass is 299 g/mol.